The number of halogens is 1. The number of rotatable bonds is 5. The normalized spacial score (nSPS) is 22.0. The molecule has 2 atom stereocenters. The molecule has 0 radical (unpaired) electrons. The lowest BCUT2D eigenvalue weighted by molar-refractivity contribution is 0.137. The summed E-state index contributed by atoms with van der Waals surface area (Å²) >= 11 is 3.49. The lowest BCUT2D eigenvalue weighted by Crippen LogP contribution is -2.43. The molecular weight excluding hydrogens is 358 g/mol. The van der Waals surface area contributed by atoms with Crippen LogP contribution in [0.25, 0.3) is 0 Å². The zero-order valence-corrected chi connectivity index (χ0v) is 16.8. The zero-order chi connectivity index (χ0) is 16.5. The Morgan fingerprint density at radius 3 is 2.68 bits per heavy atom. The fraction of sp³-hybridized carbons (Fsp3) is 0.647. The van der Waals surface area contributed by atoms with Gasteiger partial charge < -0.3 is 14.8 Å². The Balaban J connectivity index is 1.89. The predicted octanol–water partition coefficient (Wildman–Crippen LogP) is 4.02. The van der Waals surface area contributed by atoms with Gasteiger partial charge in [0.25, 0.3) is 0 Å². The molecule has 1 aliphatic rings. The van der Waals surface area contributed by atoms with Crippen molar-refractivity contribution >= 4 is 24.2 Å². The van der Waals surface area contributed by atoms with Gasteiger partial charge in [-0.1, -0.05) is 42.8 Å². The minimum absolute atomic E-state index is 0.0196. The van der Waals surface area contributed by atoms with Gasteiger partial charge in [0.2, 0.25) is 0 Å². The summed E-state index contributed by atoms with van der Waals surface area (Å²) in [6, 6.07) is 6.26. The summed E-state index contributed by atoms with van der Waals surface area (Å²) in [6.07, 6.45) is 0.368. The van der Waals surface area contributed by atoms with Gasteiger partial charge in [-0.2, -0.15) is 0 Å². The van der Waals surface area contributed by atoms with E-state index in [-0.39, 0.29) is 17.2 Å². The molecule has 0 amide bonds. The maximum atomic E-state index is 10.3. The molecule has 0 saturated carbocycles. The van der Waals surface area contributed by atoms with Gasteiger partial charge in [-0.25, -0.2) is 0 Å². The van der Waals surface area contributed by atoms with Crippen molar-refractivity contribution in [3.63, 3.8) is 0 Å². The van der Waals surface area contributed by atoms with Crippen molar-refractivity contribution in [2.75, 3.05) is 13.2 Å². The van der Waals surface area contributed by atoms with Gasteiger partial charge in [0, 0.05) is 24.0 Å². The van der Waals surface area contributed by atoms with Crippen molar-refractivity contribution in [1.82, 2.24) is 5.32 Å². The Labute approximate surface area is 143 Å². The third kappa shape index (κ3) is 4.00. The molecule has 22 heavy (non-hydrogen) atoms. The van der Waals surface area contributed by atoms with Gasteiger partial charge in [-0.15, -0.1) is 0 Å². The van der Waals surface area contributed by atoms with Gasteiger partial charge in [-0.05, 0) is 41.4 Å². The minimum Gasteiger partial charge on any atom is -0.416 e. The van der Waals surface area contributed by atoms with Gasteiger partial charge in [0.05, 0.1) is 12.1 Å². The molecule has 0 unspecified atom stereocenters. The zero-order valence-electron chi connectivity index (χ0n) is 14.2. The molecule has 1 aromatic carbocycles. The Morgan fingerprint density at radius 1 is 1.36 bits per heavy atom. The number of nitrogens with one attached hydrogen (secondary N) is 1. The summed E-state index contributed by atoms with van der Waals surface area (Å²) in [6.45, 7) is 12.8. The molecule has 0 bridgehead atoms. The molecule has 1 aliphatic carbocycles. The SMILES string of the molecule is CC(C)(C)[Si](C)(C)OCCN[C@@H]1c2ccc(Br)cc2C[C@H]1O. The van der Waals surface area contributed by atoms with Crippen LogP contribution < -0.4 is 5.32 Å². The molecule has 2 N–H and O–H groups in total. The van der Waals surface area contributed by atoms with E-state index >= 15 is 0 Å². The van der Waals surface area contributed by atoms with Crippen LogP contribution in [0.5, 0.6) is 0 Å². The third-order valence-corrected chi connectivity index (χ3v) is 10.0. The van der Waals surface area contributed by atoms with E-state index in [9.17, 15) is 5.11 Å². The van der Waals surface area contributed by atoms with E-state index in [2.05, 4.69) is 67.2 Å². The molecular formula is C17H28BrNO2Si. The standard InChI is InChI=1S/C17H28BrNO2Si/c1-17(2,3)22(4,5)21-9-8-19-16-14-7-6-13(18)10-12(14)11-15(16)20/h6-7,10,15-16,19-20H,8-9,11H2,1-5H3/t15-,16-/m1/s1. The molecule has 0 heterocycles. The minimum atomic E-state index is -1.69. The van der Waals surface area contributed by atoms with Crippen molar-refractivity contribution < 1.29 is 9.53 Å². The first-order valence-electron chi connectivity index (χ1n) is 7.95. The predicted molar refractivity (Wildman–Crippen MR) is 97.7 cm³/mol. The highest BCUT2D eigenvalue weighted by Gasteiger charge is 2.37. The monoisotopic (exact) mass is 385 g/mol. The molecule has 124 valence electrons. The summed E-state index contributed by atoms with van der Waals surface area (Å²) in [5.41, 5.74) is 2.44. The van der Waals surface area contributed by atoms with Crippen LogP contribution in [0.1, 0.15) is 37.9 Å². The molecule has 0 spiro atoms. The van der Waals surface area contributed by atoms with Crippen LogP contribution in [-0.2, 0) is 10.8 Å². The maximum Gasteiger partial charge on any atom is 0.192 e. The summed E-state index contributed by atoms with van der Waals surface area (Å²) in [5, 5.41) is 14.0. The van der Waals surface area contributed by atoms with Crippen LogP contribution in [0, 0.1) is 0 Å². The summed E-state index contributed by atoms with van der Waals surface area (Å²) in [4.78, 5) is 0. The number of aliphatic hydroxyl groups is 1. The highest BCUT2D eigenvalue weighted by atomic mass is 79.9. The van der Waals surface area contributed by atoms with E-state index in [0.717, 1.165) is 17.4 Å². The first-order chi connectivity index (χ1) is 10.1. The Kier molecular flexibility index (Phi) is 5.55. The molecule has 2 rings (SSSR count). The van der Waals surface area contributed by atoms with E-state index in [1.807, 2.05) is 6.07 Å². The molecule has 0 aromatic heterocycles. The Bertz CT molecular complexity index is 528. The van der Waals surface area contributed by atoms with Crippen LogP contribution in [0.4, 0.5) is 0 Å². The maximum absolute atomic E-state index is 10.3. The summed E-state index contributed by atoms with van der Waals surface area (Å²) in [5.74, 6) is 0. The summed E-state index contributed by atoms with van der Waals surface area (Å²) < 4.78 is 7.25. The molecule has 3 nitrogen and oxygen atoms in total. The van der Waals surface area contributed by atoms with Crippen molar-refractivity contribution in [2.24, 2.45) is 0 Å². The van der Waals surface area contributed by atoms with Crippen LogP contribution in [-0.4, -0.2) is 32.7 Å². The fourth-order valence-corrected chi connectivity index (χ4v) is 4.04. The average molecular weight is 386 g/mol. The first-order valence-corrected chi connectivity index (χ1v) is 11.7. The average Bonchev–Trinajstić information content (AvgIpc) is 2.68. The second kappa shape index (κ2) is 6.73. The van der Waals surface area contributed by atoms with Gasteiger partial charge in [-0.3, -0.25) is 0 Å². The topological polar surface area (TPSA) is 41.5 Å². The molecule has 0 fully saturated rings. The number of fused-ring (bicyclic) bond motifs is 1. The largest absolute Gasteiger partial charge is 0.416 e. The van der Waals surface area contributed by atoms with E-state index in [0.29, 0.717) is 6.61 Å². The fourth-order valence-electron chi connectivity index (χ4n) is 2.59. The second-order valence-corrected chi connectivity index (χ2v) is 13.4. The quantitative estimate of drug-likeness (QED) is 0.593. The van der Waals surface area contributed by atoms with Crippen LogP contribution in [0.2, 0.25) is 18.1 Å². The van der Waals surface area contributed by atoms with Crippen molar-refractivity contribution in [1.29, 1.82) is 0 Å². The smallest absolute Gasteiger partial charge is 0.192 e. The van der Waals surface area contributed by atoms with Gasteiger partial charge in [0.15, 0.2) is 8.32 Å². The summed E-state index contributed by atoms with van der Waals surface area (Å²) in [7, 11) is -1.69. The van der Waals surface area contributed by atoms with Crippen LogP contribution >= 0.6 is 15.9 Å². The van der Waals surface area contributed by atoms with Crippen LogP contribution in [0.3, 0.4) is 0 Å². The lowest BCUT2D eigenvalue weighted by atomic mass is 10.1. The van der Waals surface area contributed by atoms with Crippen molar-refractivity contribution in [3.05, 3.63) is 33.8 Å². The van der Waals surface area contributed by atoms with Crippen LogP contribution in [0.15, 0.2) is 22.7 Å². The van der Waals surface area contributed by atoms with E-state index in [1.54, 1.807) is 0 Å². The number of hydrogen-bond acceptors (Lipinski definition) is 3. The number of aliphatic hydroxyl groups excluding tert-OH is 1. The number of benzene rings is 1. The van der Waals surface area contributed by atoms with Crippen molar-refractivity contribution in [3.8, 4) is 0 Å². The van der Waals surface area contributed by atoms with Crippen molar-refractivity contribution in [2.45, 2.75) is 57.5 Å². The van der Waals surface area contributed by atoms with E-state index < -0.39 is 8.32 Å². The Morgan fingerprint density at radius 2 is 2.05 bits per heavy atom. The third-order valence-electron chi connectivity index (χ3n) is 4.99. The first kappa shape index (κ1) is 18.1. The Hall–Kier alpha value is -0.203. The second-order valence-electron chi connectivity index (χ2n) is 7.66. The molecule has 0 aliphatic heterocycles. The lowest BCUT2D eigenvalue weighted by Gasteiger charge is -2.36. The molecule has 0 saturated heterocycles. The highest BCUT2D eigenvalue weighted by Crippen LogP contribution is 2.36. The number of hydrogen-bond donors (Lipinski definition) is 2. The molecule has 5 heteroatoms. The van der Waals surface area contributed by atoms with E-state index in [1.165, 1.54) is 11.1 Å². The van der Waals surface area contributed by atoms with Gasteiger partial charge >= 0.3 is 0 Å². The van der Waals surface area contributed by atoms with E-state index in [4.69, 9.17) is 4.43 Å². The molecule has 1 aromatic rings. The highest BCUT2D eigenvalue weighted by molar-refractivity contribution is 9.10. The van der Waals surface area contributed by atoms with Gasteiger partial charge in [0.1, 0.15) is 0 Å².